The number of hydrogen-bond donors (Lipinski definition) is 1. The molecule has 1 spiro atoms. The van der Waals surface area contributed by atoms with Gasteiger partial charge in [0.1, 0.15) is 0 Å². The van der Waals surface area contributed by atoms with E-state index in [0.29, 0.717) is 35.8 Å². The summed E-state index contributed by atoms with van der Waals surface area (Å²) in [6.45, 7) is 0.837. The number of aromatic nitrogens is 1. The zero-order chi connectivity index (χ0) is 19.5. The Kier molecular flexibility index (Phi) is 3.46. The summed E-state index contributed by atoms with van der Waals surface area (Å²) < 4.78 is 1.44. The lowest BCUT2D eigenvalue weighted by Crippen LogP contribution is -2.39. The zero-order valence-electron chi connectivity index (χ0n) is 15.4. The first-order valence-corrected chi connectivity index (χ1v) is 9.30. The number of benzene rings is 2. The molecule has 3 aromatic rings. The standard InChI is InChI=1S/C22H19N3O3/c1-24-12-16(14-6-2-3-7-15(14)19(24)26)20(27)25-11-10-22(13-25)17-8-4-5-9-18(17)23-21(22)28/h2-9,12H,10-11,13H2,1H3,(H,23,28). The fourth-order valence-corrected chi connectivity index (χ4v) is 4.52. The van der Waals surface area contributed by atoms with Gasteiger partial charge >= 0.3 is 0 Å². The highest BCUT2D eigenvalue weighted by molar-refractivity contribution is 6.09. The van der Waals surface area contributed by atoms with Gasteiger partial charge in [-0.25, -0.2) is 0 Å². The molecule has 1 aromatic heterocycles. The first kappa shape index (κ1) is 16.7. The number of nitrogens with zero attached hydrogens (tertiary/aromatic N) is 2. The van der Waals surface area contributed by atoms with Gasteiger partial charge in [-0.3, -0.25) is 14.4 Å². The molecule has 6 heteroatoms. The summed E-state index contributed by atoms with van der Waals surface area (Å²) in [5.41, 5.74) is 1.45. The molecule has 0 aliphatic carbocycles. The van der Waals surface area contributed by atoms with Crippen molar-refractivity contribution >= 4 is 28.3 Å². The number of nitrogens with one attached hydrogen (secondary N) is 1. The van der Waals surface area contributed by atoms with Crippen molar-refractivity contribution < 1.29 is 9.59 Å². The molecule has 0 saturated carbocycles. The van der Waals surface area contributed by atoms with Crippen LogP contribution in [0.5, 0.6) is 0 Å². The molecule has 1 saturated heterocycles. The van der Waals surface area contributed by atoms with Gasteiger partial charge in [-0.05, 0) is 24.1 Å². The van der Waals surface area contributed by atoms with E-state index in [2.05, 4.69) is 5.32 Å². The largest absolute Gasteiger partial charge is 0.337 e. The maximum absolute atomic E-state index is 13.4. The van der Waals surface area contributed by atoms with Crippen LogP contribution in [0, 0.1) is 0 Å². The van der Waals surface area contributed by atoms with Crippen LogP contribution in [0.4, 0.5) is 5.69 Å². The van der Waals surface area contributed by atoms with Gasteiger partial charge in [0.15, 0.2) is 0 Å². The van der Waals surface area contributed by atoms with Gasteiger partial charge in [-0.2, -0.15) is 0 Å². The van der Waals surface area contributed by atoms with Crippen molar-refractivity contribution in [2.45, 2.75) is 11.8 Å². The summed E-state index contributed by atoms with van der Waals surface area (Å²) in [5, 5.41) is 4.12. The summed E-state index contributed by atoms with van der Waals surface area (Å²) in [6.07, 6.45) is 2.19. The summed E-state index contributed by atoms with van der Waals surface area (Å²) in [7, 11) is 1.65. The Morgan fingerprint density at radius 3 is 2.57 bits per heavy atom. The highest BCUT2D eigenvalue weighted by atomic mass is 16.2. The van der Waals surface area contributed by atoms with Crippen molar-refractivity contribution in [3.63, 3.8) is 0 Å². The highest BCUT2D eigenvalue weighted by Crippen LogP contribution is 2.44. The third-order valence-electron chi connectivity index (χ3n) is 6.00. The van der Waals surface area contributed by atoms with E-state index in [1.807, 2.05) is 30.3 Å². The summed E-state index contributed by atoms with van der Waals surface area (Å²) in [5.74, 6) is -0.199. The van der Waals surface area contributed by atoms with Gasteiger partial charge in [-0.1, -0.05) is 36.4 Å². The average Bonchev–Trinajstić information content (AvgIpc) is 3.28. The number of amides is 2. The van der Waals surface area contributed by atoms with E-state index in [4.69, 9.17) is 0 Å². The van der Waals surface area contributed by atoms with Crippen LogP contribution in [0.2, 0.25) is 0 Å². The van der Waals surface area contributed by atoms with Crippen LogP contribution in [0.15, 0.2) is 59.5 Å². The fourth-order valence-electron chi connectivity index (χ4n) is 4.52. The second kappa shape index (κ2) is 5.79. The van der Waals surface area contributed by atoms with E-state index in [9.17, 15) is 14.4 Å². The number of carbonyl (C=O) groups excluding carboxylic acids is 2. The first-order valence-electron chi connectivity index (χ1n) is 9.30. The maximum Gasteiger partial charge on any atom is 0.258 e. The Labute approximate surface area is 161 Å². The Bertz CT molecular complexity index is 1210. The molecule has 1 atom stereocenters. The number of fused-ring (bicyclic) bond motifs is 3. The number of para-hydroxylation sites is 1. The van der Waals surface area contributed by atoms with E-state index in [0.717, 1.165) is 11.3 Å². The van der Waals surface area contributed by atoms with E-state index >= 15 is 0 Å². The van der Waals surface area contributed by atoms with Gasteiger partial charge in [0, 0.05) is 42.8 Å². The lowest BCUT2D eigenvalue weighted by atomic mass is 9.81. The number of pyridine rings is 1. The number of carbonyl (C=O) groups is 2. The topological polar surface area (TPSA) is 71.4 Å². The second-order valence-electron chi connectivity index (χ2n) is 7.56. The molecule has 28 heavy (non-hydrogen) atoms. The number of aryl methyl sites for hydroxylation is 1. The number of rotatable bonds is 1. The van der Waals surface area contributed by atoms with Crippen molar-refractivity contribution in [3.05, 3.63) is 76.2 Å². The molecule has 2 aliphatic heterocycles. The van der Waals surface area contributed by atoms with Gasteiger partial charge in [0.2, 0.25) is 5.91 Å². The molecule has 5 rings (SSSR count). The smallest absolute Gasteiger partial charge is 0.258 e. The molecule has 2 amide bonds. The molecule has 0 radical (unpaired) electrons. The monoisotopic (exact) mass is 373 g/mol. The van der Waals surface area contributed by atoms with E-state index in [1.165, 1.54) is 4.57 Å². The van der Waals surface area contributed by atoms with Crippen LogP contribution in [0.25, 0.3) is 10.8 Å². The molecule has 1 unspecified atom stereocenters. The summed E-state index contributed by atoms with van der Waals surface area (Å²) in [4.78, 5) is 40.3. The van der Waals surface area contributed by atoms with Crippen molar-refractivity contribution in [1.29, 1.82) is 0 Å². The Balaban J connectivity index is 1.56. The normalized spacial score (nSPS) is 20.6. The van der Waals surface area contributed by atoms with Crippen LogP contribution in [0.1, 0.15) is 22.3 Å². The molecule has 140 valence electrons. The lowest BCUT2D eigenvalue weighted by Gasteiger charge is -2.23. The maximum atomic E-state index is 13.4. The predicted molar refractivity (Wildman–Crippen MR) is 106 cm³/mol. The number of anilines is 1. The highest BCUT2D eigenvalue weighted by Gasteiger charge is 2.52. The minimum Gasteiger partial charge on any atom is -0.337 e. The van der Waals surface area contributed by atoms with Crippen molar-refractivity contribution in [1.82, 2.24) is 9.47 Å². The molecular formula is C22H19N3O3. The third-order valence-corrected chi connectivity index (χ3v) is 6.00. The molecule has 1 N–H and O–H groups in total. The molecule has 2 aliphatic rings. The lowest BCUT2D eigenvalue weighted by molar-refractivity contribution is -0.120. The van der Waals surface area contributed by atoms with E-state index in [-0.39, 0.29) is 17.4 Å². The molecule has 2 aromatic carbocycles. The summed E-state index contributed by atoms with van der Waals surface area (Å²) in [6, 6.07) is 14.8. The van der Waals surface area contributed by atoms with Crippen LogP contribution < -0.4 is 10.9 Å². The molecule has 6 nitrogen and oxygen atoms in total. The predicted octanol–water partition coefficient (Wildman–Crippen LogP) is 2.27. The number of hydrogen-bond acceptors (Lipinski definition) is 3. The van der Waals surface area contributed by atoms with Crippen molar-refractivity contribution in [2.75, 3.05) is 18.4 Å². The SMILES string of the molecule is Cn1cc(C(=O)N2CCC3(C2)C(=O)Nc2ccccc23)c2ccccc2c1=O. The van der Waals surface area contributed by atoms with Crippen molar-refractivity contribution in [3.8, 4) is 0 Å². The van der Waals surface area contributed by atoms with Gasteiger partial charge in [0.05, 0.1) is 11.0 Å². The minimum absolute atomic E-state index is 0.0469. The average molecular weight is 373 g/mol. The van der Waals surface area contributed by atoms with Gasteiger partial charge in [0.25, 0.3) is 11.5 Å². The molecule has 1 fully saturated rings. The van der Waals surface area contributed by atoms with Crippen LogP contribution >= 0.6 is 0 Å². The first-order chi connectivity index (χ1) is 13.5. The Morgan fingerprint density at radius 1 is 1.04 bits per heavy atom. The van der Waals surface area contributed by atoms with E-state index < -0.39 is 5.41 Å². The van der Waals surface area contributed by atoms with E-state index in [1.54, 1.807) is 36.3 Å². The zero-order valence-corrected chi connectivity index (χ0v) is 15.4. The fraction of sp³-hybridized carbons (Fsp3) is 0.227. The molecule has 3 heterocycles. The second-order valence-corrected chi connectivity index (χ2v) is 7.56. The van der Waals surface area contributed by atoms with Gasteiger partial charge < -0.3 is 14.8 Å². The summed E-state index contributed by atoms with van der Waals surface area (Å²) >= 11 is 0. The van der Waals surface area contributed by atoms with Crippen LogP contribution in [-0.4, -0.2) is 34.4 Å². The van der Waals surface area contributed by atoms with Crippen LogP contribution in [0.3, 0.4) is 0 Å². The Morgan fingerprint density at radius 2 is 1.75 bits per heavy atom. The quantitative estimate of drug-likeness (QED) is 0.711. The number of likely N-dealkylation sites (tertiary alicyclic amines) is 1. The van der Waals surface area contributed by atoms with Crippen LogP contribution in [-0.2, 0) is 17.3 Å². The Hall–Kier alpha value is -3.41. The van der Waals surface area contributed by atoms with Crippen molar-refractivity contribution in [2.24, 2.45) is 7.05 Å². The van der Waals surface area contributed by atoms with Gasteiger partial charge in [-0.15, -0.1) is 0 Å². The third kappa shape index (κ3) is 2.17. The minimum atomic E-state index is -0.692. The molecule has 0 bridgehead atoms. The molecular weight excluding hydrogens is 354 g/mol.